The molecule has 3 rings (SSSR count). The summed E-state index contributed by atoms with van der Waals surface area (Å²) in [5.41, 5.74) is 1.14. The average Bonchev–Trinajstić information content (AvgIpc) is 3.37. The van der Waals surface area contributed by atoms with Crippen LogP contribution >= 0.6 is 0 Å². The molecule has 30 heteroatoms. The number of aliphatic carboxylic acids is 7. The number of carboxylic acids is 7. The molecule has 0 aliphatic carbocycles. The Hall–Kier alpha value is -8.48. The molecule has 30 nitrogen and oxygen atoms in total. The Labute approximate surface area is 452 Å². The van der Waals surface area contributed by atoms with E-state index in [2.05, 4.69) is 26.6 Å². The van der Waals surface area contributed by atoms with Crippen molar-refractivity contribution < 1.29 is 98.0 Å². The van der Waals surface area contributed by atoms with E-state index in [1.165, 1.54) is 24.3 Å². The number of amides is 6. The Bertz CT molecular complexity index is 2380. The van der Waals surface area contributed by atoms with E-state index in [-0.39, 0.29) is 123 Å². The molecular weight excluding hydrogens is 1050 g/mol. The van der Waals surface area contributed by atoms with E-state index in [4.69, 9.17) is 14.9 Å². The van der Waals surface area contributed by atoms with E-state index in [0.29, 0.717) is 11.1 Å². The topological polar surface area (TPSA) is 441 Å². The summed E-state index contributed by atoms with van der Waals surface area (Å²) in [5, 5.41) is 79.9. The SMILES string of the molecule is O=C(O)C[C@H](NC(=O)N[C@@H](CCCCNC(=O)[C@H](Cc1ccccc1)NC(=O)COc1ccc(C[C@H](NC(=O)CNC(=O)CN2CCN(CC(=O)O)CCN(CC(=O)O)CCN(CC(=O)O)CC2)C(=O)O)cc1)C(=O)O)C(=O)O. The van der Waals surface area contributed by atoms with Gasteiger partial charge in [0.05, 0.1) is 39.1 Å². The first-order valence-corrected chi connectivity index (χ1v) is 24.9. The Kier molecular flexibility index (Phi) is 28.2. The fourth-order valence-corrected chi connectivity index (χ4v) is 7.87. The number of ether oxygens (including phenoxy) is 1. The van der Waals surface area contributed by atoms with Gasteiger partial charge in [-0.2, -0.15) is 0 Å². The van der Waals surface area contributed by atoms with Crippen LogP contribution < -0.4 is 36.6 Å². The third kappa shape index (κ3) is 27.4. The number of nitrogens with one attached hydrogen (secondary N) is 6. The molecule has 0 saturated carbocycles. The van der Waals surface area contributed by atoms with Crippen LogP contribution in [0.2, 0.25) is 0 Å². The Balaban J connectivity index is 1.51. The van der Waals surface area contributed by atoms with Crippen LogP contribution in [0, 0.1) is 0 Å². The zero-order valence-corrected chi connectivity index (χ0v) is 43.1. The van der Waals surface area contributed by atoms with Crippen molar-refractivity contribution >= 4 is 71.4 Å². The molecule has 0 radical (unpaired) electrons. The monoisotopic (exact) mass is 1120 g/mol. The quantitative estimate of drug-likeness (QED) is 0.0316. The molecule has 0 aromatic heterocycles. The summed E-state index contributed by atoms with van der Waals surface area (Å²) in [7, 11) is 0. The Morgan fingerprint density at radius 2 is 0.911 bits per heavy atom. The van der Waals surface area contributed by atoms with E-state index in [9.17, 15) is 83.1 Å². The minimum atomic E-state index is -1.80. The zero-order chi connectivity index (χ0) is 58.4. The summed E-state index contributed by atoms with van der Waals surface area (Å²) in [6.45, 7) is -1.13. The van der Waals surface area contributed by atoms with Gasteiger partial charge in [0, 0.05) is 71.7 Å². The van der Waals surface area contributed by atoms with Crippen molar-refractivity contribution in [1.29, 1.82) is 0 Å². The lowest BCUT2D eigenvalue weighted by Crippen LogP contribution is -2.51. The fraction of sp³-hybridized carbons (Fsp3) is 0.510. The molecule has 434 valence electrons. The highest BCUT2D eigenvalue weighted by atomic mass is 16.5. The third-order valence-corrected chi connectivity index (χ3v) is 11.9. The summed E-state index contributed by atoms with van der Waals surface area (Å²) in [4.78, 5) is 152. The normalized spacial score (nSPS) is 15.4. The predicted molar refractivity (Wildman–Crippen MR) is 273 cm³/mol. The van der Waals surface area contributed by atoms with Gasteiger partial charge in [-0.1, -0.05) is 42.5 Å². The number of hydrogen-bond donors (Lipinski definition) is 13. The molecule has 1 fully saturated rings. The summed E-state index contributed by atoms with van der Waals surface area (Å²) in [5.74, 6) is -11.8. The van der Waals surface area contributed by atoms with Crippen molar-refractivity contribution in [3.63, 3.8) is 0 Å². The zero-order valence-electron chi connectivity index (χ0n) is 43.1. The van der Waals surface area contributed by atoms with E-state index in [1.807, 2.05) is 5.32 Å². The van der Waals surface area contributed by atoms with Crippen molar-refractivity contribution in [3.8, 4) is 5.75 Å². The Morgan fingerprint density at radius 1 is 0.456 bits per heavy atom. The molecule has 1 saturated heterocycles. The van der Waals surface area contributed by atoms with Crippen molar-refractivity contribution in [2.75, 3.05) is 98.2 Å². The van der Waals surface area contributed by atoms with Gasteiger partial charge in [-0.25, -0.2) is 19.2 Å². The lowest BCUT2D eigenvalue weighted by Gasteiger charge is -2.32. The summed E-state index contributed by atoms with van der Waals surface area (Å²) >= 11 is 0. The van der Waals surface area contributed by atoms with Crippen LogP contribution in [0.25, 0.3) is 0 Å². The second-order valence-electron chi connectivity index (χ2n) is 18.3. The smallest absolute Gasteiger partial charge is 0.326 e. The number of carbonyl (C=O) groups excluding carboxylic acids is 5. The molecular formula is C49H68N10O20. The second kappa shape index (κ2) is 34.3. The first kappa shape index (κ1) is 64.8. The van der Waals surface area contributed by atoms with Crippen LogP contribution in [0.5, 0.6) is 5.75 Å². The molecule has 0 spiro atoms. The number of hydrogen-bond acceptors (Lipinski definition) is 17. The first-order valence-electron chi connectivity index (χ1n) is 24.9. The van der Waals surface area contributed by atoms with Gasteiger partial charge >= 0.3 is 47.8 Å². The molecule has 1 heterocycles. The van der Waals surface area contributed by atoms with Gasteiger partial charge < -0.3 is 72.4 Å². The molecule has 79 heavy (non-hydrogen) atoms. The second-order valence-corrected chi connectivity index (χ2v) is 18.3. The molecule has 0 bridgehead atoms. The highest BCUT2D eigenvalue weighted by Crippen LogP contribution is 2.14. The number of urea groups is 1. The minimum absolute atomic E-state index is 0.0307. The molecule has 6 amide bonds. The maximum absolute atomic E-state index is 13.3. The van der Waals surface area contributed by atoms with Gasteiger partial charge in [-0.3, -0.25) is 58.0 Å². The van der Waals surface area contributed by atoms with Crippen molar-refractivity contribution in [1.82, 2.24) is 51.5 Å². The average molecular weight is 1120 g/mol. The standard InChI is InChI=1S/C49H68N10O20/c60-38(25-51-39(61)26-56-14-16-57(27-42(65)66)18-20-59(29-44(69)70)21-19-58(17-15-56)28-43(67)68)53-36(47(74)75)23-32-9-11-33(12-10-32)79-30-40(62)52-35(22-31-6-2-1-3-7-31)45(71)50-13-5-4-8-34(46(72)73)54-49(78)55-37(48(76)77)24-41(63)64/h1-3,6-7,9-12,34-37H,4-5,8,13-30H2,(H,50,71)(H,51,61)(H,52,62)(H,53,60)(H,63,64)(H,65,66)(H,67,68)(H,69,70)(H,72,73)(H,74,75)(H,76,77)(H2,54,55,78)/t34-,35-,36-,37-/m0/s1. The minimum Gasteiger partial charge on any atom is -0.484 e. The van der Waals surface area contributed by atoms with Crippen molar-refractivity contribution in [3.05, 3.63) is 65.7 Å². The Morgan fingerprint density at radius 3 is 1.39 bits per heavy atom. The molecule has 4 atom stereocenters. The number of carboxylic acid groups (broad SMARTS) is 7. The highest BCUT2D eigenvalue weighted by Gasteiger charge is 2.28. The van der Waals surface area contributed by atoms with Gasteiger partial charge in [0.2, 0.25) is 17.7 Å². The largest absolute Gasteiger partial charge is 0.484 e. The fourth-order valence-electron chi connectivity index (χ4n) is 7.87. The summed E-state index contributed by atoms with van der Waals surface area (Å²) in [6, 6.07) is 7.63. The summed E-state index contributed by atoms with van der Waals surface area (Å²) < 4.78 is 5.62. The van der Waals surface area contributed by atoms with Crippen molar-refractivity contribution in [2.45, 2.75) is 62.7 Å². The lowest BCUT2D eigenvalue weighted by molar-refractivity contribution is -0.145. The van der Waals surface area contributed by atoms with E-state index >= 15 is 0 Å². The molecule has 2 aromatic rings. The van der Waals surface area contributed by atoms with E-state index < -0.39 is 115 Å². The van der Waals surface area contributed by atoms with E-state index in [0.717, 1.165) is 0 Å². The van der Waals surface area contributed by atoms with Crippen LogP contribution in [0.15, 0.2) is 54.6 Å². The molecule has 0 unspecified atom stereocenters. The predicted octanol–water partition coefficient (Wildman–Crippen LogP) is -3.54. The maximum Gasteiger partial charge on any atom is 0.326 e. The number of benzene rings is 2. The van der Waals surface area contributed by atoms with Gasteiger partial charge in [0.1, 0.15) is 29.9 Å². The third-order valence-electron chi connectivity index (χ3n) is 11.9. The van der Waals surface area contributed by atoms with Gasteiger partial charge in [0.25, 0.3) is 5.91 Å². The van der Waals surface area contributed by atoms with Crippen molar-refractivity contribution in [2.24, 2.45) is 0 Å². The lowest BCUT2D eigenvalue weighted by atomic mass is 10.0. The first-order chi connectivity index (χ1) is 37.4. The number of carbonyl (C=O) groups is 12. The number of unbranched alkanes of at least 4 members (excludes halogenated alkanes) is 1. The van der Waals surface area contributed by atoms with Crippen LogP contribution in [-0.2, 0) is 65.6 Å². The summed E-state index contributed by atoms with van der Waals surface area (Å²) in [6.07, 6.45) is -0.821. The number of nitrogens with zero attached hydrogens (tertiary/aromatic N) is 4. The molecule has 2 aromatic carbocycles. The van der Waals surface area contributed by atoms with Gasteiger partial charge in [0.15, 0.2) is 6.61 Å². The van der Waals surface area contributed by atoms with Crippen LogP contribution in [-0.4, -0.2) is 249 Å². The molecule has 13 N–H and O–H groups in total. The maximum atomic E-state index is 13.3. The van der Waals surface area contributed by atoms with E-state index in [1.54, 1.807) is 49.9 Å². The highest BCUT2D eigenvalue weighted by molar-refractivity contribution is 5.90. The van der Waals surface area contributed by atoms with Crippen LogP contribution in [0.1, 0.15) is 36.8 Å². The molecule has 1 aliphatic heterocycles. The van der Waals surface area contributed by atoms with Gasteiger partial charge in [-0.05, 0) is 42.5 Å². The number of rotatable bonds is 32. The van der Waals surface area contributed by atoms with Crippen LogP contribution in [0.4, 0.5) is 4.79 Å². The van der Waals surface area contributed by atoms with Crippen LogP contribution in [0.3, 0.4) is 0 Å². The molecule has 1 aliphatic rings. The van der Waals surface area contributed by atoms with Gasteiger partial charge in [-0.15, -0.1) is 0 Å².